The number of thiazole rings is 1. The van der Waals surface area contributed by atoms with E-state index >= 15 is 0 Å². The zero-order chi connectivity index (χ0) is 27.1. The lowest BCUT2D eigenvalue weighted by Crippen LogP contribution is -2.37. The van der Waals surface area contributed by atoms with Gasteiger partial charge in [0.1, 0.15) is 11.3 Å². The summed E-state index contributed by atoms with van der Waals surface area (Å²) >= 11 is 1.52. The molecule has 0 bridgehead atoms. The highest BCUT2D eigenvalue weighted by molar-refractivity contribution is 7.15. The maximum Gasteiger partial charge on any atom is 0.393 e. The van der Waals surface area contributed by atoms with Gasteiger partial charge in [0.25, 0.3) is 0 Å². The molecule has 0 atom stereocenters. The molecule has 7 nitrogen and oxygen atoms in total. The highest BCUT2D eigenvalue weighted by atomic mass is 32.1. The van der Waals surface area contributed by atoms with Gasteiger partial charge in [-0.15, -0.1) is 11.3 Å². The van der Waals surface area contributed by atoms with Crippen LogP contribution in [0.3, 0.4) is 0 Å². The Kier molecular flexibility index (Phi) is 7.22. The number of aromatic nitrogens is 6. The number of aryl methyl sites for hydroxylation is 2. The average molecular weight is 558 g/mol. The number of hydrogen-bond acceptors (Lipinski definition) is 6. The molecule has 39 heavy (non-hydrogen) atoms. The van der Waals surface area contributed by atoms with Crippen LogP contribution in [0.1, 0.15) is 72.6 Å². The quantitative estimate of drug-likeness (QED) is 0.285. The Hall–Kier alpha value is -2.79. The van der Waals surface area contributed by atoms with Crippen molar-refractivity contribution in [3.63, 3.8) is 0 Å². The van der Waals surface area contributed by atoms with Crippen molar-refractivity contribution >= 4 is 17.0 Å². The summed E-state index contributed by atoms with van der Waals surface area (Å²) in [5.74, 6) is 1.23. The first-order valence-electron chi connectivity index (χ1n) is 13.9. The van der Waals surface area contributed by atoms with Crippen molar-refractivity contribution in [2.45, 2.75) is 77.3 Å². The summed E-state index contributed by atoms with van der Waals surface area (Å²) in [5.41, 5.74) is 3.69. The maximum atomic E-state index is 13.8. The van der Waals surface area contributed by atoms with Crippen molar-refractivity contribution in [1.82, 2.24) is 34.7 Å². The van der Waals surface area contributed by atoms with Crippen LogP contribution in [0.2, 0.25) is 0 Å². The number of nitrogens with one attached hydrogen (secondary N) is 1. The van der Waals surface area contributed by atoms with Gasteiger partial charge >= 0.3 is 6.18 Å². The number of halogens is 3. The molecular formula is C28H34F3N7S. The molecule has 1 aliphatic heterocycles. The van der Waals surface area contributed by atoms with Gasteiger partial charge in [0, 0.05) is 28.7 Å². The van der Waals surface area contributed by atoms with Crippen molar-refractivity contribution in [3.8, 4) is 22.0 Å². The van der Waals surface area contributed by atoms with Crippen molar-refractivity contribution < 1.29 is 13.2 Å². The Morgan fingerprint density at radius 3 is 2.59 bits per heavy atom. The Morgan fingerprint density at radius 2 is 1.85 bits per heavy atom. The molecule has 0 amide bonds. The Labute approximate surface area is 229 Å². The molecule has 1 N–H and O–H groups in total. The van der Waals surface area contributed by atoms with Crippen LogP contribution in [-0.2, 0) is 6.42 Å². The third kappa shape index (κ3) is 5.61. The first-order chi connectivity index (χ1) is 18.7. The standard InChI is InChI=1S/C28H34F3N7S/c1-17-12-21(15-38-26(17)32-16-33-38)23-22(13-28(29,30)31)24(36-35-23)27-34-18(2)25(39-27)20-8-10-37(11-9-20)14-19-6-4-3-5-7-19/h12,15-16,19-20H,3-11,13-14H2,1-2H3,(H,35,36). The van der Waals surface area contributed by atoms with Crippen LogP contribution in [0.25, 0.3) is 27.6 Å². The average Bonchev–Trinajstić information content (AvgIpc) is 3.63. The smallest absolute Gasteiger partial charge is 0.303 e. The molecule has 0 aromatic carbocycles. The summed E-state index contributed by atoms with van der Waals surface area (Å²) in [6, 6.07) is 1.81. The molecule has 0 spiro atoms. The molecule has 6 rings (SSSR count). The molecule has 208 valence electrons. The monoisotopic (exact) mass is 557 g/mol. The van der Waals surface area contributed by atoms with Crippen LogP contribution < -0.4 is 0 Å². The van der Waals surface area contributed by atoms with Gasteiger partial charge in [-0.25, -0.2) is 14.5 Å². The normalized spacial score (nSPS) is 18.4. The predicted molar refractivity (Wildman–Crippen MR) is 146 cm³/mol. The molecule has 1 saturated heterocycles. The highest BCUT2D eigenvalue weighted by Gasteiger charge is 2.34. The number of pyridine rings is 1. The highest BCUT2D eigenvalue weighted by Crippen LogP contribution is 2.41. The minimum atomic E-state index is -4.39. The number of aromatic amines is 1. The number of fused-ring (bicyclic) bond motifs is 1. The second-order valence-corrected chi connectivity index (χ2v) is 12.2. The van der Waals surface area contributed by atoms with E-state index in [-0.39, 0.29) is 11.3 Å². The topological polar surface area (TPSA) is 75.0 Å². The number of H-pyrrole nitrogens is 1. The van der Waals surface area contributed by atoms with Crippen LogP contribution in [0, 0.1) is 19.8 Å². The van der Waals surface area contributed by atoms with Gasteiger partial charge in [-0.05, 0) is 76.1 Å². The molecule has 1 saturated carbocycles. The Morgan fingerprint density at radius 1 is 1.08 bits per heavy atom. The van der Waals surface area contributed by atoms with Crippen LogP contribution in [0.5, 0.6) is 0 Å². The van der Waals surface area contributed by atoms with E-state index in [1.807, 2.05) is 19.9 Å². The molecule has 0 unspecified atom stereocenters. The summed E-state index contributed by atoms with van der Waals surface area (Å²) in [4.78, 5) is 12.8. The van der Waals surface area contributed by atoms with Gasteiger partial charge in [0.05, 0.1) is 23.5 Å². The molecule has 4 aromatic rings. The van der Waals surface area contributed by atoms with Crippen LogP contribution >= 0.6 is 11.3 Å². The summed E-state index contributed by atoms with van der Waals surface area (Å²) in [6.07, 6.45) is 6.58. The SMILES string of the molecule is Cc1nc(-c2[nH]nc(-c3cc(C)c4ncnn4c3)c2CC(F)(F)F)sc1C1CCN(CC2CCCCC2)CC1. The number of likely N-dealkylation sites (tertiary alicyclic amines) is 1. The molecule has 2 fully saturated rings. The molecule has 0 radical (unpaired) electrons. The van der Waals surface area contributed by atoms with Gasteiger partial charge in [0.2, 0.25) is 0 Å². The molecule has 2 aliphatic rings. The minimum Gasteiger partial charge on any atom is -0.303 e. The van der Waals surface area contributed by atoms with Crippen molar-refractivity contribution in [1.29, 1.82) is 0 Å². The van der Waals surface area contributed by atoms with Gasteiger partial charge in [-0.2, -0.15) is 23.4 Å². The predicted octanol–water partition coefficient (Wildman–Crippen LogP) is 6.72. The van der Waals surface area contributed by atoms with E-state index in [1.165, 1.54) is 61.2 Å². The fourth-order valence-corrected chi connectivity index (χ4v) is 7.64. The van der Waals surface area contributed by atoms with E-state index in [0.717, 1.165) is 43.1 Å². The third-order valence-electron chi connectivity index (χ3n) is 8.32. The van der Waals surface area contributed by atoms with Crippen LogP contribution in [-0.4, -0.2) is 60.5 Å². The number of nitrogens with zero attached hydrogens (tertiary/aromatic N) is 6. The zero-order valence-corrected chi connectivity index (χ0v) is 23.2. The lowest BCUT2D eigenvalue weighted by atomic mass is 9.87. The summed E-state index contributed by atoms with van der Waals surface area (Å²) in [5, 5.41) is 12.0. The fourth-order valence-electron chi connectivity index (χ4n) is 6.38. The number of piperidine rings is 1. The van der Waals surface area contributed by atoms with E-state index in [2.05, 4.69) is 25.2 Å². The minimum absolute atomic E-state index is 0.115. The molecule has 4 aromatic heterocycles. The second kappa shape index (κ2) is 10.6. The fraction of sp³-hybridized carbons (Fsp3) is 0.571. The van der Waals surface area contributed by atoms with Gasteiger partial charge in [-0.3, -0.25) is 5.10 Å². The van der Waals surface area contributed by atoms with Crippen LogP contribution in [0.4, 0.5) is 13.2 Å². The summed E-state index contributed by atoms with van der Waals surface area (Å²) in [6.45, 7) is 7.20. The van der Waals surface area contributed by atoms with E-state index in [0.29, 0.717) is 27.8 Å². The van der Waals surface area contributed by atoms with Gasteiger partial charge in [0.15, 0.2) is 5.65 Å². The first-order valence-corrected chi connectivity index (χ1v) is 14.7. The third-order valence-corrected chi connectivity index (χ3v) is 9.66. The molecule has 5 heterocycles. The van der Waals surface area contributed by atoms with E-state index in [9.17, 15) is 13.2 Å². The Balaban J connectivity index is 1.26. The van der Waals surface area contributed by atoms with Crippen molar-refractivity contribution in [2.24, 2.45) is 5.92 Å². The summed E-state index contributed by atoms with van der Waals surface area (Å²) < 4.78 is 42.9. The largest absolute Gasteiger partial charge is 0.393 e. The molecule has 1 aliphatic carbocycles. The Bertz CT molecular complexity index is 1440. The maximum absolute atomic E-state index is 13.8. The van der Waals surface area contributed by atoms with E-state index in [4.69, 9.17) is 4.98 Å². The number of hydrogen-bond donors (Lipinski definition) is 1. The number of alkyl halides is 3. The second-order valence-electron chi connectivity index (χ2n) is 11.2. The first kappa shape index (κ1) is 26.4. The van der Waals surface area contributed by atoms with E-state index < -0.39 is 12.6 Å². The van der Waals surface area contributed by atoms with Crippen molar-refractivity contribution in [2.75, 3.05) is 19.6 Å². The lowest BCUT2D eigenvalue weighted by molar-refractivity contribution is -0.127. The molecular weight excluding hydrogens is 523 g/mol. The lowest BCUT2D eigenvalue weighted by Gasteiger charge is -2.35. The number of rotatable bonds is 6. The zero-order valence-electron chi connectivity index (χ0n) is 22.4. The van der Waals surface area contributed by atoms with Crippen molar-refractivity contribution in [3.05, 3.63) is 40.3 Å². The van der Waals surface area contributed by atoms with Gasteiger partial charge in [-0.1, -0.05) is 19.3 Å². The van der Waals surface area contributed by atoms with Gasteiger partial charge < -0.3 is 4.90 Å². The molecule has 11 heteroatoms. The summed E-state index contributed by atoms with van der Waals surface area (Å²) in [7, 11) is 0. The van der Waals surface area contributed by atoms with E-state index in [1.54, 1.807) is 10.7 Å². The van der Waals surface area contributed by atoms with Crippen LogP contribution in [0.15, 0.2) is 18.6 Å².